The van der Waals surface area contributed by atoms with Crippen molar-refractivity contribution in [2.24, 2.45) is 5.92 Å². The van der Waals surface area contributed by atoms with Crippen LogP contribution in [-0.2, 0) is 9.47 Å². The van der Waals surface area contributed by atoms with E-state index in [-0.39, 0.29) is 6.10 Å². The van der Waals surface area contributed by atoms with Gasteiger partial charge in [0.25, 0.3) is 0 Å². The van der Waals surface area contributed by atoms with E-state index in [1.165, 1.54) is 12.8 Å². The molecule has 0 aliphatic heterocycles. The number of rotatable bonds is 11. The molecule has 2 unspecified atom stereocenters. The Kier molecular flexibility index (Phi) is 10.9. The van der Waals surface area contributed by atoms with Crippen LogP contribution in [-0.4, -0.2) is 38.5 Å². The quantitative estimate of drug-likeness (QED) is 0.568. The van der Waals surface area contributed by atoms with Crippen LogP contribution < -0.4 is 5.32 Å². The van der Waals surface area contributed by atoms with Gasteiger partial charge < -0.3 is 14.8 Å². The second-order valence-electron chi connectivity index (χ2n) is 5.17. The molecule has 0 radical (unpaired) electrons. The highest BCUT2D eigenvalue weighted by Gasteiger charge is 2.04. The van der Waals surface area contributed by atoms with Crippen molar-refractivity contribution >= 4 is 0 Å². The summed E-state index contributed by atoms with van der Waals surface area (Å²) in [6, 6.07) is 0.586. The summed E-state index contributed by atoms with van der Waals surface area (Å²) >= 11 is 0. The van der Waals surface area contributed by atoms with Gasteiger partial charge >= 0.3 is 0 Å². The molecule has 0 amide bonds. The van der Waals surface area contributed by atoms with Gasteiger partial charge in [0.1, 0.15) is 0 Å². The summed E-state index contributed by atoms with van der Waals surface area (Å²) in [6.07, 6.45) is 2.73. The zero-order valence-corrected chi connectivity index (χ0v) is 12.3. The number of nitrogens with one attached hydrogen (secondary N) is 1. The maximum absolute atomic E-state index is 5.63. The van der Waals surface area contributed by atoms with E-state index in [0.717, 1.165) is 25.7 Å². The van der Waals surface area contributed by atoms with Crippen molar-refractivity contribution in [2.75, 3.05) is 26.4 Å². The summed E-state index contributed by atoms with van der Waals surface area (Å²) < 4.78 is 10.9. The average Bonchev–Trinajstić information content (AvgIpc) is 2.29. The summed E-state index contributed by atoms with van der Waals surface area (Å²) in [4.78, 5) is 0. The van der Waals surface area contributed by atoms with Gasteiger partial charge in [-0.15, -0.1) is 0 Å². The lowest BCUT2D eigenvalue weighted by molar-refractivity contribution is -0.00240. The lowest BCUT2D eigenvalue weighted by Gasteiger charge is -2.17. The molecular weight excluding hydrogens is 214 g/mol. The Morgan fingerprint density at radius 3 is 2.35 bits per heavy atom. The highest BCUT2D eigenvalue weighted by atomic mass is 16.5. The fourth-order valence-electron chi connectivity index (χ4n) is 1.58. The number of hydrogen-bond donors (Lipinski definition) is 1. The van der Waals surface area contributed by atoms with Gasteiger partial charge in [0, 0.05) is 19.2 Å². The highest BCUT2D eigenvalue weighted by molar-refractivity contribution is 4.61. The lowest BCUT2D eigenvalue weighted by atomic mass is 10.0. The maximum atomic E-state index is 5.63. The molecule has 3 nitrogen and oxygen atoms in total. The van der Waals surface area contributed by atoms with E-state index in [0.29, 0.717) is 12.6 Å². The lowest BCUT2D eigenvalue weighted by Crippen LogP contribution is -2.31. The first-order valence-electron chi connectivity index (χ1n) is 6.99. The van der Waals surface area contributed by atoms with E-state index < -0.39 is 0 Å². The highest BCUT2D eigenvalue weighted by Crippen LogP contribution is 2.05. The summed E-state index contributed by atoms with van der Waals surface area (Å²) in [5, 5.41) is 3.48. The van der Waals surface area contributed by atoms with Gasteiger partial charge in [-0.1, -0.05) is 13.8 Å². The monoisotopic (exact) mass is 245 g/mol. The molecule has 0 saturated carbocycles. The molecule has 0 aromatic rings. The molecule has 1 N–H and O–H groups in total. The Bertz CT molecular complexity index is 162. The fraction of sp³-hybridized carbons (Fsp3) is 1.00. The fourth-order valence-corrected chi connectivity index (χ4v) is 1.58. The van der Waals surface area contributed by atoms with Crippen molar-refractivity contribution in [1.82, 2.24) is 5.32 Å². The van der Waals surface area contributed by atoms with Gasteiger partial charge in [-0.05, 0) is 39.5 Å². The van der Waals surface area contributed by atoms with Gasteiger partial charge in [-0.3, -0.25) is 0 Å². The molecule has 0 rings (SSSR count). The normalized spacial score (nSPS) is 15.2. The van der Waals surface area contributed by atoms with E-state index in [1.807, 2.05) is 6.92 Å². The van der Waals surface area contributed by atoms with Crippen LogP contribution in [0.15, 0.2) is 0 Å². The molecule has 0 aliphatic rings. The first kappa shape index (κ1) is 16.9. The van der Waals surface area contributed by atoms with Crippen molar-refractivity contribution < 1.29 is 9.47 Å². The molecule has 17 heavy (non-hydrogen) atoms. The van der Waals surface area contributed by atoms with Gasteiger partial charge in [0.2, 0.25) is 0 Å². The first-order valence-corrected chi connectivity index (χ1v) is 6.99. The van der Waals surface area contributed by atoms with Crippen LogP contribution in [0.4, 0.5) is 0 Å². The molecule has 0 bridgehead atoms. The standard InChI is InChI=1S/C14H31NO2/c1-6-16-11-14(5)17-10-9-15-13(4)8-7-12(2)3/h12-15H,6-11H2,1-5H3. The zero-order valence-electron chi connectivity index (χ0n) is 12.3. The Balaban J connectivity index is 3.31. The van der Waals surface area contributed by atoms with Gasteiger partial charge in [0.05, 0.1) is 19.3 Å². The van der Waals surface area contributed by atoms with Crippen molar-refractivity contribution in [3.8, 4) is 0 Å². The minimum absolute atomic E-state index is 0.197. The molecule has 0 heterocycles. The maximum Gasteiger partial charge on any atom is 0.0781 e. The second kappa shape index (κ2) is 11.0. The van der Waals surface area contributed by atoms with Crippen molar-refractivity contribution in [3.05, 3.63) is 0 Å². The molecule has 0 aromatic heterocycles. The predicted octanol–water partition coefficient (Wildman–Crippen LogP) is 2.84. The van der Waals surface area contributed by atoms with Crippen LogP contribution in [0, 0.1) is 5.92 Å². The largest absolute Gasteiger partial charge is 0.379 e. The molecular formula is C14H31NO2. The molecule has 0 aliphatic carbocycles. The van der Waals surface area contributed by atoms with E-state index in [1.54, 1.807) is 0 Å². The molecule has 0 fully saturated rings. The molecule has 104 valence electrons. The van der Waals surface area contributed by atoms with E-state index in [4.69, 9.17) is 9.47 Å². The molecule has 3 heteroatoms. The van der Waals surface area contributed by atoms with Crippen LogP contribution in [0.1, 0.15) is 47.5 Å². The first-order chi connectivity index (χ1) is 8.06. The Morgan fingerprint density at radius 1 is 1.06 bits per heavy atom. The second-order valence-corrected chi connectivity index (χ2v) is 5.17. The molecule has 0 saturated heterocycles. The molecule has 0 aromatic carbocycles. The molecule has 2 atom stereocenters. The van der Waals surface area contributed by atoms with Gasteiger partial charge in [-0.2, -0.15) is 0 Å². The predicted molar refractivity (Wildman–Crippen MR) is 73.4 cm³/mol. The Labute approximate surface area is 107 Å². The van der Waals surface area contributed by atoms with Crippen molar-refractivity contribution in [1.29, 1.82) is 0 Å². The molecule has 0 spiro atoms. The Hall–Kier alpha value is -0.120. The third-order valence-electron chi connectivity index (χ3n) is 2.73. The Morgan fingerprint density at radius 2 is 1.76 bits per heavy atom. The third-order valence-corrected chi connectivity index (χ3v) is 2.73. The van der Waals surface area contributed by atoms with Gasteiger partial charge in [0.15, 0.2) is 0 Å². The topological polar surface area (TPSA) is 30.5 Å². The smallest absolute Gasteiger partial charge is 0.0781 e. The SMILES string of the molecule is CCOCC(C)OCCNC(C)CCC(C)C. The van der Waals surface area contributed by atoms with Crippen LogP contribution in [0.2, 0.25) is 0 Å². The van der Waals surface area contributed by atoms with Gasteiger partial charge in [-0.25, -0.2) is 0 Å². The van der Waals surface area contributed by atoms with Crippen LogP contribution in [0.25, 0.3) is 0 Å². The van der Waals surface area contributed by atoms with E-state index in [2.05, 4.69) is 33.0 Å². The summed E-state index contributed by atoms with van der Waals surface area (Å²) in [5.74, 6) is 0.793. The third kappa shape index (κ3) is 12.1. The number of hydrogen-bond acceptors (Lipinski definition) is 3. The van der Waals surface area contributed by atoms with Crippen LogP contribution >= 0.6 is 0 Å². The average molecular weight is 245 g/mol. The summed E-state index contributed by atoms with van der Waals surface area (Å²) in [5.41, 5.74) is 0. The van der Waals surface area contributed by atoms with Crippen LogP contribution in [0.3, 0.4) is 0 Å². The van der Waals surface area contributed by atoms with E-state index in [9.17, 15) is 0 Å². The van der Waals surface area contributed by atoms with E-state index >= 15 is 0 Å². The van der Waals surface area contributed by atoms with Crippen LogP contribution in [0.5, 0.6) is 0 Å². The zero-order chi connectivity index (χ0) is 13.1. The minimum atomic E-state index is 0.197. The summed E-state index contributed by atoms with van der Waals surface area (Å²) in [6.45, 7) is 14.0. The summed E-state index contributed by atoms with van der Waals surface area (Å²) in [7, 11) is 0. The number of ether oxygens (including phenoxy) is 2. The van der Waals surface area contributed by atoms with Crippen molar-refractivity contribution in [2.45, 2.75) is 59.6 Å². The van der Waals surface area contributed by atoms with Crippen molar-refractivity contribution in [3.63, 3.8) is 0 Å². The minimum Gasteiger partial charge on any atom is -0.379 e.